The lowest BCUT2D eigenvalue weighted by atomic mass is 9.96. The maximum Gasteiger partial charge on any atom is 0.260 e. The third kappa shape index (κ3) is 5.29. The van der Waals surface area contributed by atoms with Crippen LogP contribution in [0.15, 0.2) is 22.7 Å². The standard InChI is InChI=1S/C17H25BrN2O2/c1-12-5-6-16(15(18)10-12)22-13(2)17(21)20-9-7-14-4-3-8-19-11-14/h5-6,10,13-14,19H,3-4,7-9,11H2,1-2H3,(H,20,21). The summed E-state index contributed by atoms with van der Waals surface area (Å²) < 4.78 is 6.61. The molecule has 0 radical (unpaired) electrons. The van der Waals surface area contributed by atoms with E-state index in [1.54, 1.807) is 6.92 Å². The molecule has 1 aromatic rings. The van der Waals surface area contributed by atoms with Gasteiger partial charge in [-0.05, 0) is 85.7 Å². The Labute approximate surface area is 141 Å². The first-order chi connectivity index (χ1) is 10.6. The highest BCUT2D eigenvalue weighted by Crippen LogP contribution is 2.26. The van der Waals surface area contributed by atoms with Gasteiger partial charge in [-0.25, -0.2) is 0 Å². The molecule has 1 aliphatic rings. The van der Waals surface area contributed by atoms with Crippen molar-refractivity contribution in [1.29, 1.82) is 0 Å². The lowest BCUT2D eigenvalue weighted by Gasteiger charge is -2.23. The van der Waals surface area contributed by atoms with Gasteiger partial charge in [0.2, 0.25) is 0 Å². The summed E-state index contributed by atoms with van der Waals surface area (Å²) in [5, 5.41) is 6.37. The van der Waals surface area contributed by atoms with E-state index in [1.807, 2.05) is 25.1 Å². The van der Waals surface area contributed by atoms with Gasteiger partial charge < -0.3 is 15.4 Å². The van der Waals surface area contributed by atoms with E-state index in [4.69, 9.17) is 4.74 Å². The topological polar surface area (TPSA) is 50.4 Å². The van der Waals surface area contributed by atoms with Crippen molar-refractivity contribution in [2.75, 3.05) is 19.6 Å². The SMILES string of the molecule is Cc1ccc(OC(C)C(=O)NCCC2CCCNC2)c(Br)c1. The summed E-state index contributed by atoms with van der Waals surface area (Å²) in [5.41, 5.74) is 1.15. The van der Waals surface area contributed by atoms with Crippen LogP contribution in [0.3, 0.4) is 0 Å². The first-order valence-corrected chi connectivity index (χ1v) is 8.77. The summed E-state index contributed by atoms with van der Waals surface area (Å²) in [7, 11) is 0. The van der Waals surface area contributed by atoms with Gasteiger partial charge in [0.05, 0.1) is 4.47 Å². The molecule has 0 saturated carbocycles. The molecule has 0 spiro atoms. The predicted molar refractivity (Wildman–Crippen MR) is 92.2 cm³/mol. The third-order valence-corrected chi connectivity index (χ3v) is 4.63. The molecule has 2 unspecified atom stereocenters. The van der Waals surface area contributed by atoms with Gasteiger partial charge in [-0.1, -0.05) is 6.07 Å². The van der Waals surface area contributed by atoms with Gasteiger partial charge in [0.1, 0.15) is 5.75 Å². The lowest BCUT2D eigenvalue weighted by Crippen LogP contribution is -2.38. The molecule has 1 heterocycles. The fourth-order valence-corrected chi connectivity index (χ4v) is 3.25. The van der Waals surface area contributed by atoms with Gasteiger partial charge in [-0.3, -0.25) is 4.79 Å². The molecule has 2 rings (SSSR count). The highest BCUT2D eigenvalue weighted by Gasteiger charge is 2.17. The Kier molecular flexibility index (Phi) is 6.70. The summed E-state index contributed by atoms with van der Waals surface area (Å²) in [4.78, 5) is 12.1. The highest BCUT2D eigenvalue weighted by atomic mass is 79.9. The smallest absolute Gasteiger partial charge is 0.260 e. The molecule has 2 N–H and O–H groups in total. The number of hydrogen-bond donors (Lipinski definition) is 2. The number of nitrogens with one attached hydrogen (secondary N) is 2. The monoisotopic (exact) mass is 368 g/mol. The van der Waals surface area contributed by atoms with E-state index in [0.717, 1.165) is 29.5 Å². The van der Waals surface area contributed by atoms with Crippen molar-refractivity contribution in [2.45, 2.75) is 39.2 Å². The number of hydrogen-bond acceptors (Lipinski definition) is 3. The number of halogens is 1. The zero-order valence-electron chi connectivity index (χ0n) is 13.3. The first-order valence-electron chi connectivity index (χ1n) is 7.97. The second-order valence-corrected chi connectivity index (χ2v) is 6.84. The molecule has 1 aromatic carbocycles. The van der Waals surface area contributed by atoms with Crippen molar-refractivity contribution in [3.8, 4) is 5.75 Å². The molecule has 0 bridgehead atoms. The first kappa shape index (κ1) is 17.3. The number of carbonyl (C=O) groups excluding carboxylic acids is 1. The van der Waals surface area contributed by atoms with Crippen molar-refractivity contribution in [3.63, 3.8) is 0 Å². The summed E-state index contributed by atoms with van der Waals surface area (Å²) in [6.45, 7) is 6.71. The van der Waals surface area contributed by atoms with Crippen molar-refractivity contribution in [2.24, 2.45) is 5.92 Å². The molecular weight excluding hydrogens is 344 g/mol. The van der Waals surface area contributed by atoms with Crippen LogP contribution in [0.25, 0.3) is 0 Å². The van der Waals surface area contributed by atoms with Gasteiger partial charge in [-0.2, -0.15) is 0 Å². The van der Waals surface area contributed by atoms with Crippen molar-refractivity contribution >= 4 is 21.8 Å². The highest BCUT2D eigenvalue weighted by molar-refractivity contribution is 9.10. The molecule has 1 saturated heterocycles. The van der Waals surface area contributed by atoms with Crippen LogP contribution < -0.4 is 15.4 Å². The average molecular weight is 369 g/mol. The second kappa shape index (κ2) is 8.53. The Hall–Kier alpha value is -1.07. The molecule has 22 heavy (non-hydrogen) atoms. The summed E-state index contributed by atoms with van der Waals surface area (Å²) in [5.74, 6) is 1.32. The van der Waals surface area contributed by atoms with E-state index in [-0.39, 0.29) is 5.91 Å². The Morgan fingerprint density at radius 3 is 3.05 bits per heavy atom. The molecule has 2 atom stereocenters. The minimum absolute atomic E-state index is 0.0590. The van der Waals surface area contributed by atoms with E-state index in [9.17, 15) is 4.79 Å². The fourth-order valence-electron chi connectivity index (χ4n) is 2.66. The molecule has 0 aromatic heterocycles. The summed E-state index contributed by atoms with van der Waals surface area (Å²) in [6.07, 6.45) is 3.02. The van der Waals surface area contributed by atoms with E-state index < -0.39 is 6.10 Å². The molecule has 1 fully saturated rings. The van der Waals surface area contributed by atoms with Crippen molar-refractivity contribution in [3.05, 3.63) is 28.2 Å². The molecule has 1 aliphatic heterocycles. The second-order valence-electron chi connectivity index (χ2n) is 5.99. The van der Waals surface area contributed by atoms with Crippen LogP contribution in [-0.2, 0) is 4.79 Å². The van der Waals surface area contributed by atoms with Gasteiger partial charge >= 0.3 is 0 Å². The van der Waals surface area contributed by atoms with Gasteiger partial charge in [0.25, 0.3) is 5.91 Å². The summed E-state index contributed by atoms with van der Waals surface area (Å²) >= 11 is 3.47. The van der Waals surface area contributed by atoms with Crippen LogP contribution in [0.4, 0.5) is 0 Å². The number of piperidine rings is 1. The molecule has 122 valence electrons. The quantitative estimate of drug-likeness (QED) is 0.811. The van der Waals surface area contributed by atoms with Gasteiger partial charge in [-0.15, -0.1) is 0 Å². The lowest BCUT2D eigenvalue weighted by molar-refractivity contribution is -0.127. The Bertz CT molecular complexity index is 501. The third-order valence-electron chi connectivity index (χ3n) is 4.01. The molecule has 4 nitrogen and oxygen atoms in total. The number of carbonyl (C=O) groups is 1. The van der Waals surface area contributed by atoms with Crippen LogP contribution >= 0.6 is 15.9 Å². The van der Waals surface area contributed by atoms with E-state index in [1.165, 1.54) is 12.8 Å². The van der Waals surface area contributed by atoms with E-state index in [2.05, 4.69) is 26.6 Å². The van der Waals surface area contributed by atoms with Gasteiger partial charge in [0, 0.05) is 6.54 Å². The van der Waals surface area contributed by atoms with Crippen molar-refractivity contribution in [1.82, 2.24) is 10.6 Å². The normalized spacial score (nSPS) is 19.5. The minimum atomic E-state index is -0.497. The number of ether oxygens (including phenoxy) is 1. The number of rotatable bonds is 6. The van der Waals surface area contributed by atoms with Crippen LogP contribution in [-0.4, -0.2) is 31.6 Å². The average Bonchev–Trinajstić information content (AvgIpc) is 2.51. The molecule has 5 heteroatoms. The fraction of sp³-hybridized carbons (Fsp3) is 0.588. The minimum Gasteiger partial charge on any atom is -0.480 e. The Morgan fingerprint density at radius 2 is 2.36 bits per heavy atom. The number of amides is 1. The van der Waals surface area contributed by atoms with Gasteiger partial charge in [0.15, 0.2) is 6.10 Å². The van der Waals surface area contributed by atoms with E-state index >= 15 is 0 Å². The molecule has 0 aliphatic carbocycles. The zero-order valence-corrected chi connectivity index (χ0v) is 14.9. The predicted octanol–water partition coefficient (Wildman–Crippen LogP) is 3.03. The van der Waals surface area contributed by atoms with E-state index in [0.29, 0.717) is 18.2 Å². The number of benzene rings is 1. The Morgan fingerprint density at radius 1 is 1.55 bits per heavy atom. The molecule has 1 amide bonds. The van der Waals surface area contributed by atoms with Crippen LogP contribution in [0, 0.1) is 12.8 Å². The van der Waals surface area contributed by atoms with Crippen LogP contribution in [0.5, 0.6) is 5.75 Å². The maximum absolute atomic E-state index is 12.1. The zero-order chi connectivity index (χ0) is 15.9. The van der Waals surface area contributed by atoms with Crippen molar-refractivity contribution < 1.29 is 9.53 Å². The Balaban J connectivity index is 1.74. The largest absolute Gasteiger partial charge is 0.480 e. The maximum atomic E-state index is 12.1. The number of aryl methyl sites for hydroxylation is 1. The summed E-state index contributed by atoms with van der Waals surface area (Å²) in [6, 6.07) is 5.84. The van der Waals surface area contributed by atoms with Crippen LogP contribution in [0.2, 0.25) is 0 Å². The van der Waals surface area contributed by atoms with Crippen LogP contribution in [0.1, 0.15) is 31.7 Å². The molecular formula is C17H25BrN2O2.